The molecule has 1 amide bonds. The number of fused-ring (bicyclic) bond motifs is 1. The summed E-state index contributed by atoms with van der Waals surface area (Å²) in [6.07, 6.45) is 1.72. The van der Waals surface area contributed by atoms with Gasteiger partial charge >= 0.3 is 0 Å². The van der Waals surface area contributed by atoms with Gasteiger partial charge in [0.2, 0.25) is 0 Å². The number of carbonyl (C=O) groups excluding carboxylic acids is 1. The number of hydrogen-bond acceptors (Lipinski definition) is 5. The highest BCUT2D eigenvalue weighted by atomic mass is 35.5. The maximum Gasteiger partial charge on any atom is 0.270 e. The molecule has 0 aliphatic carbocycles. The number of halogens is 2. The van der Waals surface area contributed by atoms with Crippen molar-refractivity contribution < 1.29 is 13.9 Å². The van der Waals surface area contributed by atoms with Gasteiger partial charge in [-0.1, -0.05) is 11.6 Å². The Kier molecular flexibility index (Phi) is 5.65. The molecule has 8 nitrogen and oxygen atoms in total. The average Bonchev–Trinajstić information content (AvgIpc) is 3.44. The number of rotatable bonds is 4. The third-order valence-electron chi connectivity index (χ3n) is 6.09. The lowest BCUT2D eigenvalue weighted by atomic mass is 10.2. The minimum absolute atomic E-state index is 0.0335. The van der Waals surface area contributed by atoms with Crippen molar-refractivity contribution in [2.45, 2.75) is 13.8 Å². The predicted molar refractivity (Wildman–Crippen MR) is 129 cm³/mol. The summed E-state index contributed by atoms with van der Waals surface area (Å²) in [5.74, 6) is 0.669. The number of amides is 1. The number of aryl methyl sites for hydroxylation is 2. The number of nitrogens with one attached hydrogen (secondary N) is 1. The van der Waals surface area contributed by atoms with E-state index in [1.165, 1.54) is 0 Å². The number of carbonyl (C=O) groups is 1. The van der Waals surface area contributed by atoms with Crippen LogP contribution in [0.2, 0.25) is 5.02 Å². The zero-order chi connectivity index (χ0) is 24.0. The van der Waals surface area contributed by atoms with E-state index in [9.17, 15) is 9.18 Å². The van der Waals surface area contributed by atoms with Crippen LogP contribution < -0.4 is 9.64 Å². The van der Waals surface area contributed by atoms with Gasteiger partial charge in [0.25, 0.3) is 5.91 Å². The molecular formula is C24H24ClFN6O2. The summed E-state index contributed by atoms with van der Waals surface area (Å²) in [6.45, 7) is 6.02. The highest BCUT2D eigenvalue weighted by Gasteiger charge is 2.27. The number of ether oxygens (including phenoxy) is 1. The van der Waals surface area contributed by atoms with Crippen LogP contribution >= 0.6 is 11.6 Å². The topological polar surface area (TPSA) is 79.3 Å². The zero-order valence-corrected chi connectivity index (χ0v) is 19.9. The molecule has 1 N–H and O–H groups in total. The third kappa shape index (κ3) is 3.75. The average molecular weight is 483 g/mol. The summed E-state index contributed by atoms with van der Waals surface area (Å²) in [5.41, 5.74) is 2.84. The third-order valence-corrected chi connectivity index (χ3v) is 6.37. The Morgan fingerprint density at radius 2 is 1.94 bits per heavy atom. The van der Waals surface area contributed by atoms with E-state index in [2.05, 4.69) is 20.0 Å². The maximum atomic E-state index is 14.9. The number of H-pyrrole nitrogens is 1. The van der Waals surface area contributed by atoms with Crippen LogP contribution in [0, 0.1) is 19.7 Å². The number of hydrogen-bond donors (Lipinski definition) is 1. The van der Waals surface area contributed by atoms with Gasteiger partial charge in [-0.3, -0.25) is 4.79 Å². The molecule has 4 heterocycles. The molecule has 1 fully saturated rings. The molecule has 10 heteroatoms. The van der Waals surface area contributed by atoms with Gasteiger partial charge in [0.05, 0.1) is 29.0 Å². The molecule has 0 atom stereocenters. The van der Waals surface area contributed by atoms with E-state index in [4.69, 9.17) is 16.3 Å². The minimum atomic E-state index is -0.590. The van der Waals surface area contributed by atoms with Crippen molar-refractivity contribution >= 4 is 34.2 Å². The van der Waals surface area contributed by atoms with Crippen LogP contribution in [0.15, 0.2) is 36.5 Å². The number of piperazine rings is 1. The standard InChI is InChI=1S/C24H24ClFN6O2/c1-14-11-15(2)32(29-14)19-13-17(25)21(26)22-16(19)12-18(28-22)24(33)31-9-7-30(8-10-31)23-20(34-3)5-4-6-27-23/h4-6,11-13,28H,7-10H2,1-3H3. The van der Waals surface area contributed by atoms with Gasteiger partial charge in [-0.25, -0.2) is 14.1 Å². The lowest BCUT2D eigenvalue weighted by Gasteiger charge is -2.35. The van der Waals surface area contributed by atoms with Crippen molar-refractivity contribution in [1.29, 1.82) is 0 Å². The van der Waals surface area contributed by atoms with Crippen LogP contribution in [0.3, 0.4) is 0 Å². The Bertz CT molecular complexity index is 1390. The molecule has 176 valence electrons. The molecule has 34 heavy (non-hydrogen) atoms. The van der Waals surface area contributed by atoms with E-state index < -0.39 is 5.82 Å². The normalized spacial score (nSPS) is 14.1. The number of aromatic nitrogens is 4. The monoisotopic (exact) mass is 482 g/mol. The Morgan fingerprint density at radius 1 is 1.18 bits per heavy atom. The number of aromatic amines is 1. The second-order valence-corrected chi connectivity index (χ2v) is 8.72. The van der Waals surface area contributed by atoms with E-state index >= 15 is 0 Å². The number of benzene rings is 1. The Labute approximate surface area is 200 Å². The Balaban J connectivity index is 1.43. The molecule has 3 aromatic heterocycles. The molecule has 0 spiro atoms. The van der Waals surface area contributed by atoms with Gasteiger partial charge in [-0.05, 0) is 44.2 Å². The predicted octanol–water partition coefficient (Wildman–Crippen LogP) is 4.13. The van der Waals surface area contributed by atoms with Gasteiger partial charge < -0.3 is 19.5 Å². The number of methoxy groups -OCH3 is 1. The summed E-state index contributed by atoms with van der Waals surface area (Å²) in [7, 11) is 1.61. The van der Waals surface area contributed by atoms with E-state index in [0.29, 0.717) is 48.7 Å². The van der Waals surface area contributed by atoms with E-state index in [-0.39, 0.29) is 16.4 Å². The van der Waals surface area contributed by atoms with Crippen molar-refractivity contribution in [2.24, 2.45) is 0 Å². The number of nitrogens with zero attached hydrogens (tertiary/aromatic N) is 5. The lowest BCUT2D eigenvalue weighted by Crippen LogP contribution is -2.49. The van der Waals surface area contributed by atoms with Crippen LogP contribution in [-0.2, 0) is 0 Å². The first-order valence-electron chi connectivity index (χ1n) is 10.9. The molecule has 0 radical (unpaired) electrons. The van der Waals surface area contributed by atoms with Crippen LogP contribution in [0.1, 0.15) is 21.9 Å². The van der Waals surface area contributed by atoms with Crippen molar-refractivity contribution in [1.82, 2.24) is 24.6 Å². The van der Waals surface area contributed by atoms with E-state index in [1.54, 1.807) is 35.0 Å². The highest BCUT2D eigenvalue weighted by Crippen LogP contribution is 2.32. The SMILES string of the molecule is COc1cccnc1N1CCN(C(=O)c2cc3c(-n4nc(C)cc4C)cc(Cl)c(F)c3[nH]2)CC1. The second-order valence-electron chi connectivity index (χ2n) is 8.31. The molecular weight excluding hydrogens is 459 g/mol. The number of anilines is 1. The molecule has 1 aliphatic heterocycles. The first-order valence-corrected chi connectivity index (χ1v) is 11.3. The first-order chi connectivity index (χ1) is 16.4. The number of pyridine rings is 1. The molecule has 5 rings (SSSR count). The van der Waals surface area contributed by atoms with Crippen LogP contribution in [-0.4, -0.2) is 63.8 Å². The fourth-order valence-corrected chi connectivity index (χ4v) is 4.64. The van der Waals surface area contributed by atoms with Gasteiger partial charge in [0.1, 0.15) is 5.69 Å². The molecule has 1 aromatic carbocycles. The van der Waals surface area contributed by atoms with Crippen molar-refractivity contribution in [2.75, 3.05) is 38.2 Å². The minimum Gasteiger partial charge on any atom is -0.493 e. The summed E-state index contributed by atoms with van der Waals surface area (Å²) < 4.78 is 22.0. The van der Waals surface area contributed by atoms with Crippen molar-refractivity contribution in [3.8, 4) is 11.4 Å². The molecule has 0 saturated carbocycles. The van der Waals surface area contributed by atoms with E-state index in [0.717, 1.165) is 17.2 Å². The molecule has 1 aliphatic rings. The smallest absolute Gasteiger partial charge is 0.270 e. The van der Waals surface area contributed by atoms with Crippen molar-refractivity contribution in [3.63, 3.8) is 0 Å². The van der Waals surface area contributed by atoms with Crippen LogP contribution in [0.25, 0.3) is 16.6 Å². The summed E-state index contributed by atoms with van der Waals surface area (Å²) in [4.78, 5) is 24.5. The summed E-state index contributed by atoms with van der Waals surface area (Å²) in [5, 5.41) is 5.02. The largest absolute Gasteiger partial charge is 0.493 e. The summed E-state index contributed by atoms with van der Waals surface area (Å²) in [6, 6.07) is 8.84. The van der Waals surface area contributed by atoms with Gasteiger partial charge in [-0.2, -0.15) is 5.10 Å². The quantitative estimate of drug-likeness (QED) is 0.473. The van der Waals surface area contributed by atoms with Crippen molar-refractivity contribution in [3.05, 3.63) is 64.5 Å². The second kappa shape index (κ2) is 8.64. The molecule has 1 saturated heterocycles. The molecule has 4 aromatic rings. The van der Waals surface area contributed by atoms with Gasteiger partial charge in [0.15, 0.2) is 17.4 Å². The van der Waals surface area contributed by atoms with Crippen LogP contribution in [0.5, 0.6) is 5.75 Å². The molecule has 0 unspecified atom stereocenters. The Morgan fingerprint density at radius 3 is 2.62 bits per heavy atom. The van der Waals surface area contributed by atoms with Gasteiger partial charge in [-0.15, -0.1) is 0 Å². The highest BCUT2D eigenvalue weighted by molar-refractivity contribution is 6.32. The van der Waals surface area contributed by atoms with Crippen LogP contribution in [0.4, 0.5) is 10.2 Å². The Hall–Kier alpha value is -3.59. The zero-order valence-electron chi connectivity index (χ0n) is 19.1. The fourth-order valence-electron chi connectivity index (χ4n) is 4.44. The lowest BCUT2D eigenvalue weighted by molar-refractivity contribution is 0.0741. The maximum absolute atomic E-state index is 14.9. The van der Waals surface area contributed by atoms with E-state index in [1.807, 2.05) is 32.0 Å². The molecule has 0 bridgehead atoms. The summed E-state index contributed by atoms with van der Waals surface area (Å²) >= 11 is 6.19. The first kappa shape index (κ1) is 22.2. The fraction of sp³-hybridized carbons (Fsp3) is 0.292. The van der Waals surface area contributed by atoms with Gasteiger partial charge in [0, 0.05) is 43.5 Å².